The van der Waals surface area contributed by atoms with Crippen LogP contribution in [0.2, 0.25) is 5.02 Å². The van der Waals surface area contributed by atoms with Crippen LogP contribution in [-0.4, -0.2) is 5.78 Å². The Hall–Kier alpha value is -0.860. The molecular formula is C10H12ClNO. The molecule has 0 aliphatic carbocycles. The van der Waals surface area contributed by atoms with E-state index in [1.54, 1.807) is 19.1 Å². The molecule has 0 heterocycles. The van der Waals surface area contributed by atoms with Crippen molar-refractivity contribution < 1.29 is 4.79 Å². The zero-order valence-corrected chi connectivity index (χ0v) is 8.43. The summed E-state index contributed by atoms with van der Waals surface area (Å²) in [5.41, 5.74) is 5.53. The van der Waals surface area contributed by atoms with Gasteiger partial charge in [-0.2, -0.15) is 0 Å². The molecule has 1 unspecified atom stereocenters. The number of hydrogen-bond acceptors (Lipinski definition) is 2. The third-order valence-corrected chi connectivity index (χ3v) is 2.49. The summed E-state index contributed by atoms with van der Waals surface area (Å²) in [6.45, 7) is 3.12. The number of carbonyl (C=O) groups is 1. The maximum atomic E-state index is 11.2. The highest BCUT2D eigenvalue weighted by molar-refractivity contribution is 6.31. The van der Waals surface area contributed by atoms with Crippen LogP contribution in [0.1, 0.15) is 19.4 Å². The van der Waals surface area contributed by atoms with E-state index in [4.69, 9.17) is 17.3 Å². The first-order valence-electron chi connectivity index (χ1n) is 4.01. The molecule has 1 atom stereocenters. The third-order valence-electron chi connectivity index (χ3n) is 2.16. The fourth-order valence-electron chi connectivity index (χ4n) is 1.07. The quantitative estimate of drug-likeness (QED) is 0.789. The lowest BCUT2D eigenvalue weighted by Gasteiger charge is -2.22. The fraction of sp³-hybridized carbons (Fsp3) is 0.300. The van der Waals surface area contributed by atoms with Gasteiger partial charge < -0.3 is 5.73 Å². The fourth-order valence-corrected chi connectivity index (χ4v) is 1.40. The molecule has 3 heteroatoms. The molecule has 0 saturated heterocycles. The number of carbonyl (C=O) groups excluding carboxylic acids is 1. The minimum atomic E-state index is -0.988. The van der Waals surface area contributed by atoms with Gasteiger partial charge in [-0.05, 0) is 25.5 Å². The van der Waals surface area contributed by atoms with E-state index >= 15 is 0 Å². The minimum absolute atomic E-state index is 0.0967. The van der Waals surface area contributed by atoms with E-state index < -0.39 is 5.54 Å². The van der Waals surface area contributed by atoms with Crippen LogP contribution in [0.5, 0.6) is 0 Å². The van der Waals surface area contributed by atoms with E-state index in [2.05, 4.69) is 0 Å². The first-order chi connectivity index (χ1) is 5.96. The lowest BCUT2D eigenvalue weighted by molar-refractivity contribution is -0.121. The van der Waals surface area contributed by atoms with Gasteiger partial charge in [0.2, 0.25) is 0 Å². The molecule has 1 aromatic rings. The van der Waals surface area contributed by atoms with E-state index in [1.807, 2.05) is 12.1 Å². The first-order valence-corrected chi connectivity index (χ1v) is 4.39. The summed E-state index contributed by atoms with van der Waals surface area (Å²) in [7, 11) is 0. The molecule has 2 N–H and O–H groups in total. The van der Waals surface area contributed by atoms with Gasteiger partial charge in [-0.25, -0.2) is 0 Å². The normalized spacial score (nSPS) is 15.1. The summed E-state index contributed by atoms with van der Waals surface area (Å²) < 4.78 is 0. The van der Waals surface area contributed by atoms with Crippen molar-refractivity contribution in [2.75, 3.05) is 0 Å². The molecule has 13 heavy (non-hydrogen) atoms. The standard InChI is InChI=1S/C10H12ClNO/c1-7(13)10(2,12)8-5-3-4-6-9(8)11/h3-6H,12H2,1-2H3. The predicted molar refractivity (Wildman–Crippen MR) is 53.7 cm³/mol. The number of nitrogens with two attached hydrogens (primary N) is 1. The molecule has 0 amide bonds. The molecule has 0 aromatic heterocycles. The number of halogens is 1. The van der Waals surface area contributed by atoms with E-state index in [0.717, 1.165) is 0 Å². The number of rotatable bonds is 2. The number of Topliss-reactive ketones (excluding diaryl/α,β-unsaturated/α-hetero) is 1. The molecule has 0 saturated carbocycles. The van der Waals surface area contributed by atoms with Crippen LogP contribution in [0.15, 0.2) is 24.3 Å². The molecule has 70 valence electrons. The summed E-state index contributed by atoms with van der Waals surface area (Å²) in [4.78, 5) is 11.2. The molecule has 2 nitrogen and oxygen atoms in total. The lowest BCUT2D eigenvalue weighted by Crippen LogP contribution is -2.40. The van der Waals surface area contributed by atoms with Crippen LogP contribution in [0.3, 0.4) is 0 Å². The van der Waals surface area contributed by atoms with Crippen LogP contribution in [0.25, 0.3) is 0 Å². The Balaban J connectivity index is 3.22. The predicted octanol–water partition coefficient (Wildman–Crippen LogP) is 2.10. The highest BCUT2D eigenvalue weighted by Crippen LogP contribution is 2.26. The molecule has 1 rings (SSSR count). The van der Waals surface area contributed by atoms with Crippen LogP contribution < -0.4 is 5.73 Å². The van der Waals surface area contributed by atoms with Gasteiger partial charge >= 0.3 is 0 Å². The van der Waals surface area contributed by atoms with Gasteiger partial charge in [0, 0.05) is 5.02 Å². The van der Waals surface area contributed by atoms with Crippen molar-refractivity contribution >= 4 is 17.4 Å². The van der Waals surface area contributed by atoms with Gasteiger partial charge in [-0.15, -0.1) is 0 Å². The molecular weight excluding hydrogens is 186 g/mol. The average Bonchev–Trinajstić information content (AvgIpc) is 2.04. The van der Waals surface area contributed by atoms with Crippen molar-refractivity contribution in [1.29, 1.82) is 0 Å². The topological polar surface area (TPSA) is 43.1 Å². The number of ketones is 1. The van der Waals surface area contributed by atoms with E-state index in [-0.39, 0.29) is 5.78 Å². The molecule has 0 aliphatic rings. The molecule has 0 aliphatic heterocycles. The number of benzene rings is 1. The van der Waals surface area contributed by atoms with E-state index in [9.17, 15) is 4.79 Å². The Morgan fingerprint density at radius 2 is 2.00 bits per heavy atom. The molecule has 0 spiro atoms. The second-order valence-electron chi connectivity index (χ2n) is 3.24. The van der Waals surface area contributed by atoms with Crippen molar-refractivity contribution in [2.45, 2.75) is 19.4 Å². The van der Waals surface area contributed by atoms with Crippen molar-refractivity contribution in [2.24, 2.45) is 5.73 Å². The molecule has 0 radical (unpaired) electrons. The lowest BCUT2D eigenvalue weighted by atomic mass is 9.89. The minimum Gasteiger partial charge on any atom is -0.315 e. The van der Waals surface area contributed by atoms with E-state index in [0.29, 0.717) is 10.6 Å². The second-order valence-corrected chi connectivity index (χ2v) is 3.65. The highest BCUT2D eigenvalue weighted by Gasteiger charge is 2.28. The van der Waals surface area contributed by atoms with Crippen molar-refractivity contribution in [1.82, 2.24) is 0 Å². The van der Waals surface area contributed by atoms with Crippen molar-refractivity contribution in [3.05, 3.63) is 34.9 Å². The Labute approximate surface area is 82.7 Å². The van der Waals surface area contributed by atoms with Gasteiger partial charge in [0.1, 0.15) is 0 Å². The maximum Gasteiger partial charge on any atom is 0.153 e. The Morgan fingerprint density at radius 1 is 1.46 bits per heavy atom. The largest absolute Gasteiger partial charge is 0.315 e. The summed E-state index contributed by atoms with van der Waals surface area (Å²) in [6, 6.07) is 7.12. The van der Waals surface area contributed by atoms with E-state index in [1.165, 1.54) is 6.92 Å². The first kappa shape index (κ1) is 10.2. The maximum absolute atomic E-state index is 11.2. The zero-order valence-electron chi connectivity index (χ0n) is 7.67. The van der Waals surface area contributed by atoms with Gasteiger partial charge in [-0.1, -0.05) is 29.8 Å². The van der Waals surface area contributed by atoms with Crippen molar-refractivity contribution in [3.8, 4) is 0 Å². The SMILES string of the molecule is CC(=O)C(C)(N)c1ccccc1Cl. The van der Waals surface area contributed by atoms with Crippen LogP contribution in [0, 0.1) is 0 Å². The smallest absolute Gasteiger partial charge is 0.153 e. The second kappa shape index (κ2) is 3.48. The monoisotopic (exact) mass is 197 g/mol. The van der Waals surface area contributed by atoms with Crippen LogP contribution in [0.4, 0.5) is 0 Å². The van der Waals surface area contributed by atoms with Crippen molar-refractivity contribution in [3.63, 3.8) is 0 Å². The Kier molecular flexibility index (Phi) is 2.74. The average molecular weight is 198 g/mol. The summed E-state index contributed by atoms with van der Waals surface area (Å²) in [6.07, 6.45) is 0. The third kappa shape index (κ3) is 1.90. The van der Waals surface area contributed by atoms with Crippen LogP contribution in [-0.2, 0) is 10.3 Å². The molecule has 1 aromatic carbocycles. The van der Waals surface area contributed by atoms with Gasteiger partial charge in [0.05, 0.1) is 5.54 Å². The molecule has 0 bridgehead atoms. The molecule has 0 fully saturated rings. The van der Waals surface area contributed by atoms with Gasteiger partial charge in [0.25, 0.3) is 0 Å². The summed E-state index contributed by atoms with van der Waals surface area (Å²) in [5, 5.41) is 0.530. The highest BCUT2D eigenvalue weighted by atomic mass is 35.5. The summed E-state index contributed by atoms with van der Waals surface area (Å²) >= 11 is 5.92. The zero-order chi connectivity index (χ0) is 10.1. The van der Waals surface area contributed by atoms with Gasteiger partial charge in [0.15, 0.2) is 5.78 Å². The van der Waals surface area contributed by atoms with Crippen LogP contribution >= 0.6 is 11.6 Å². The number of hydrogen-bond donors (Lipinski definition) is 1. The Morgan fingerprint density at radius 3 is 2.46 bits per heavy atom. The Bertz CT molecular complexity index is 333. The van der Waals surface area contributed by atoms with Gasteiger partial charge in [-0.3, -0.25) is 4.79 Å². The summed E-state index contributed by atoms with van der Waals surface area (Å²) in [5.74, 6) is -0.0967.